The molecular formula is C34H33ClF4N6O7. The molecule has 0 radical (unpaired) electrons. The van der Waals surface area contributed by atoms with Gasteiger partial charge in [0.1, 0.15) is 0 Å². The van der Waals surface area contributed by atoms with E-state index in [-0.39, 0.29) is 30.1 Å². The number of benzene rings is 2. The SMILES string of the molecule is COC(=O)Nc1ccc2c(c1)NC(=O)C(C)CCC[C@H](NC(=O)c1cn(-c3cccc(Cl)c3)nc1CCO)c1cc-2cnc1F.O=C(O)C(F)(F)F. The summed E-state index contributed by atoms with van der Waals surface area (Å²) in [5, 5.41) is 30.2. The molecule has 4 aromatic rings. The van der Waals surface area contributed by atoms with Crippen LogP contribution in [0, 0.1) is 11.9 Å². The van der Waals surface area contributed by atoms with Gasteiger partial charge in [-0.3, -0.25) is 14.9 Å². The Hall–Kier alpha value is -5.55. The fourth-order valence-electron chi connectivity index (χ4n) is 5.20. The highest BCUT2D eigenvalue weighted by Crippen LogP contribution is 2.35. The van der Waals surface area contributed by atoms with E-state index in [0.29, 0.717) is 58.2 Å². The number of amides is 3. The van der Waals surface area contributed by atoms with Crippen molar-refractivity contribution >= 4 is 46.9 Å². The van der Waals surface area contributed by atoms with Crippen LogP contribution in [0.2, 0.25) is 5.02 Å². The molecule has 276 valence electrons. The maximum absolute atomic E-state index is 15.4. The first-order valence-electron chi connectivity index (χ1n) is 15.6. The molecule has 2 aromatic heterocycles. The summed E-state index contributed by atoms with van der Waals surface area (Å²) in [6.45, 7) is 1.56. The summed E-state index contributed by atoms with van der Waals surface area (Å²) < 4.78 is 53.3. The summed E-state index contributed by atoms with van der Waals surface area (Å²) in [7, 11) is 1.24. The largest absolute Gasteiger partial charge is 0.490 e. The number of aliphatic hydroxyl groups is 1. The average molecular weight is 749 g/mol. The zero-order valence-corrected chi connectivity index (χ0v) is 28.4. The maximum atomic E-state index is 15.4. The molecule has 5 rings (SSSR count). The third-order valence-electron chi connectivity index (χ3n) is 7.84. The Morgan fingerprint density at radius 3 is 2.52 bits per heavy atom. The Kier molecular flexibility index (Phi) is 12.9. The summed E-state index contributed by atoms with van der Waals surface area (Å²) in [4.78, 5) is 51.6. The number of aliphatic hydroxyl groups excluding tert-OH is 1. The lowest BCUT2D eigenvalue weighted by Crippen LogP contribution is -2.30. The number of hydrogen-bond acceptors (Lipinski definition) is 8. The number of alkyl halides is 3. The number of ether oxygens (including phenoxy) is 1. The summed E-state index contributed by atoms with van der Waals surface area (Å²) in [6, 6.07) is 12.7. The predicted octanol–water partition coefficient (Wildman–Crippen LogP) is 6.30. The van der Waals surface area contributed by atoms with E-state index in [0.717, 1.165) is 0 Å². The minimum absolute atomic E-state index is 0.128. The second-order valence-corrected chi connectivity index (χ2v) is 12.0. The first kappa shape index (κ1) is 39.2. The number of pyridine rings is 1. The lowest BCUT2D eigenvalue weighted by atomic mass is 9.93. The molecule has 1 aliphatic heterocycles. The number of anilines is 2. The normalized spacial score (nSPS) is 15.7. The van der Waals surface area contributed by atoms with Crippen LogP contribution in [0.4, 0.5) is 33.7 Å². The van der Waals surface area contributed by atoms with Crippen molar-refractivity contribution < 1.29 is 51.7 Å². The van der Waals surface area contributed by atoms with Crippen LogP contribution < -0.4 is 16.0 Å². The highest BCUT2D eigenvalue weighted by atomic mass is 35.5. The Morgan fingerprint density at radius 2 is 1.87 bits per heavy atom. The molecule has 2 atom stereocenters. The van der Waals surface area contributed by atoms with Crippen LogP contribution in [0.5, 0.6) is 0 Å². The fourth-order valence-corrected chi connectivity index (χ4v) is 5.38. The van der Waals surface area contributed by atoms with E-state index in [4.69, 9.17) is 21.5 Å². The van der Waals surface area contributed by atoms with Gasteiger partial charge >= 0.3 is 18.2 Å². The van der Waals surface area contributed by atoms with Gasteiger partial charge in [0.2, 0.25) is 11.9 Å². The first-order valence-corrected chi connectivity index (χ1v) is 16.0. The van der Waals surface area contributed by atoms with Gasteiger partial charge in [0.05, 0.1) is 35.8 Å². The molecule has 18 heteroatoms. The smallest absolute Gasteiger partial charge is 0.475 e. The van der Waals surface area contributed by atoms with Crippen LogP contribution in [0.3, 0.4) is 0 Å². The van der Waals surface area contributed by atoms with E-state index in [1.807, 2.05) is 0 Å². The number of methoxy groups -OCH3 is 1. The van der Waals surface area contributed by atoms with Crippen molar-refractivity contribution in [1.82, 2.24) is 20.1 Å². The number of hydrogen-bond donors (Lipinski definition) is 5. The molecule has 0 aliphatic carbocycles. The number of nitrogens with one attached hydrogen (secondary N) is 3. The van der Waals surface area contributed by atoms with Crippen molar-refractivity contribution in [2.75, 3.05) is 24.4 Å². The summed E-state index contributed by atoms with van der Waals surface area (Å²) in [5.41, 5.74) is 3.21. The van der Waals surface area contributed by atoms with Gasteiger partial charge in [0.15, 0.2) is 0 Å². The molecule has 0 saturated heterocycles. The number of carboxylic acid groups (broad SMARTS) is 1. The second-order valence-electron chi connectivity index (χ2n) is 11.5. The van der Waals surface area contributed by atoms with Crippen LogP contribution in [0.25, 0.3) is 16.8 Å². The highest BCUT2D eigenvalue weighted by Gasteiger charge is 2.38. The average Bonchev–Trinajstić information content (AvgIpc) is 3.52. The summed E-state index contributed by atoms with van der Waals surface area (Å²) >= 11 is 6.15. The van der Waals surface area contributed by atoms with Gasteiger partial charge in [-0.05, 0) is 49.2 Å². The third kappa shape index (κ3) is 10.0. The molecule has 2 bridgehead atoms. The zero-order valence-electron chi connectivity index (χ0n) is 27.6. The molecule has 52 heavy (non-hydrogen) atoms. The van der Waals surface area contributed by atoms with E-state index in [1.54, 1.807) is 61.7 Å². The maximum Gasteiger partial charge on any atom is 0.490 e. The van der Waals surface area contributed by atoms with E-state index in [1.165, 1.54) is 18.0 Å². The van der Waals surface area contributed by atoms with Gasteiger partial charge < -0.3 is 25.6 Å². The molecule has 2 aromatic carbocycles. The van der Waals surface area contributed by atoms with Crippen LogP contribution in [0.15, 0.2) is 60.9 Å². The number of carbonyl (C=O) groups excluding carboxylic acids is 3. The van der Waals surface area contributed by atoms with E-state index >= 15 is 4.39 Å². The molecular weight excluding hydrogens is 716 g/mol. The molecule has 0 spiro atoms. The quantitative estimate of drug-likeness (QED) is 0.111. The second kappa shape index (κ2) is 17.1. The van der Waals surface area contributed by atoms with E-state index in [2.05, 4.69) is 30.8 Å². The number of nitrogens with zero attached hydrogens (tertiary/aromatic N) is 3. The van der Waals surface area contributed by atoms with Gasteiger partial charge in [-0.2, -0.15) is 22.7 Å². The van der Waals surface area contributed by atoms with Crippen molar-refractivity contribution in [3.63, 3.8) is 0 Å². The number of aromatic nitrogens is 3. The standard InChI is InChI=1S/C32H32ClFN6O5.C2HF3O2/c1-18-5-3-8-26(37-31(43)25-17-40(39-27(25)11-12-41)22-7-4-6-20(33)14-22)24-13-19(16-35-29(24)34)23-10-9-21(36-32(44)45-2)15-28(23)38-30(18)42;3-2(4,5)1(6)7/h4,6-7,9-10,13-18,26,41H,3,5,8,11-12H2,1-2H3,(H,36,44)(H,37,43)(H,38,42);(H,6,7)/t18?,26-;/m0./s1. The van der Waals surface area contributed by atoms with Gasteiger partial charge in [-0.15, -0.1) is 0 Å². The van der Waals surface area contributed by atoms with Crippen LogP contribution >= 0.6 is 11.6 Å². The van der Waals surface area contributed by atoms with Crippen molar-refractivity contribution in [3.8, 4) is 16.8 Å². The van der Waals surface area contributed by atoms with Crippen LogP contribution in [0.1, 0.15) is 53.8 Å². The number of aliphatic carboxylic acids is 1. The van der Waals surface area contributed by atoms with Gasteiger partial charge in [-0.25, -0.2) is 19.3 Å². The number of carbonyl (C=O) groups is 4. The Labute approximate surface area is 299 Å². The number of fused-ring (bicyclic) bond motifs is 4. The van der Waals surface area contributed by atoms with Crippen LogP contribution in [-0.2, 0) is 20.7 Å². The van der Waals surface area contributed by atoms with Crippen molar-refractivity contribution in [2.24, 2.45) is 5.92 Å². The Morgan fingerprint density at radius 1 is 1.13 bits per heavy atom. The molecule has 1 unspecified atom stereocenters. The lowest BCUT2D eigenvalue weighted by molar-refractivity contribution is -0.192. The lowest BCUT2D eigenvalue weighted by Gasteiger charge is -2.23. The number of rotatable bonds is 6. The van der Waals surface area contributed by atoms with E-state index < -0.39 is 42.1 Å². The first-order chi connectivity index (χ1) is 24.6. The van der Waals surface area contributed by atoms with Crippen molar-refractivity contribution in [2.45, 2.75) is 44.8 Å². The number of carboxylic acids is 1. The fraction of sp³-hybridized carbons (Fsp3) is 0.294. The van der Waals surface area contributed by atoms with Crippen LogP contribution in [-0.4, -0.2) is 68.7 Å². The monoisotopic (exact) mass is 748 g/mol. The molecule has 1 aliphatic rings. The van der Waals surface area contributed by atoms with E-state index in [9.17, 15) is 32.7 Å². The molecule has 3 heterocycles. The van der Waals surface area contributed by atoms with Gasteiger partial charge in [0, 0.05) is 58.7 Å². The molecule has 5 N–H and O–H groups in total. The zero-order chi connectivity index (χ0) is 38.2. The molecule has 0 fully saturated rings. The molecule has 13 nitrogen and oxygen atoms in total. The molecule has 0 saturated carbocycles. The Balaban J connectivity index is 0.000000785. The van der Waals surface area contributed by atoms with Gasteiger partial charge in [0.25, 0.3) is 5.91 Å². The van der Waals surface area contributed by atoms with Crippen molar-refractivity contribution in [1.29, 1.82) is 0 Å². The molecule has 3 amide bonds. The number of halogens is 5. The Bertz CT molecular complexity index is 1960. The summed E-state index contributed by atoms with van der Waals surface area (Å²) in [5.74, 6) is -4.64. The predicted molar refractivity (Wildman–Crippen MR) is 181 cm³/mol. The highest BCUT2D eigenvalue weighted by molar-refractivity contribution is 6.30. The minimum Gasteiger partial charge on any atom is -0.475 e. The summed E-state index contributed by atoms with van der Waals surface area (Å²) in [6.07, 6.45) is -1.45. The minimum atomic E-state index is -5.08. The van der Waals surface area contributed by atoms with Gasteiger partial charge in [-0.1, -0.05) is 37.1 Å². The topological polar surface area (TPSA) is 185 Å². The van der Waals surface area contributed by atoms with Crippen molar-refractivity contribution in [3.05, 3.63) is 88.7 Å². The third-order valence-corrected chi connectivity index (χ3v) is 8.08.